The van der Waals surface area contributed by atoms with Crippen molar-refractivity contribution in [2.24, 2.45) is 7.05 Å². The number of hydrogen-bond donors (Lipinski definition) is 1. The zero-order valence-corrected chi connectivity index (χ0v) is 17.1. The molecule has 3 aromatic rings. The Labute approximate surface area is 166 Å². The van der Waals surface area contributed by atoms with Crippen LogP contribution in [0.5, 0.6) is 5.75 Å². The number of rotatable bonds is 8. The Morgan fingerprint density at radius 2 is 1.86 bits per heavy atom. The highest BCUT2D eigenvalue weighted by molar-refractivity contribution is 5.84. The summed E-state index contributed by atoms with van der Waals surface area (Å²) in [6, 6.07) is 16.2. The normalized spacial score (nSPS) is 12.3. The van der Waals surface area contributed by atoms with Gasteiger partial charge < -0.3 is 19.5 Å². The van der Waals surface area contributed by atoms with Crippen LogP contribution in [-0.4, -0.2) is 42.6 Å². The molecule has 0 aliphatic rings. The van der Waals surface area contributed by atoms with Gasteiger partial charge in [-0.05, 0) is 50.3 Å². The molecule has 148 valence electrons. The largest absolute Gasteiger partial charge is 0.494 e. The Hall–Kier alpha value is -2.79. The first-order valence-corrected chi connectivity index (χ1v) is 9.68. The zero-order valence-electron chi connectivity index (χ0n) is 17.1. The Morgan fingerprint density at radius 3 is 2.54 bits per heavy atom. The highest BCUT2D eigenvalue weighted by Crippen LogP contribution is 2.28. The van der Waals surface area contributed by atoms with Crippen molar-refractivity contribution in [3.8, 4) is 5.75 Å². The van der Waals surface area contributed by atoms with Crippen molar-refractivity contribution in [2.45, 2.75) is 19.4 Å². The van der Waals surface area contributed by atoms with Crippen molar-refractivity contribution < 1.29 is 9.53 Å². The van der Waals surface area contributed by atoms with E-state index in [0.29, 0.717) is 19.6 Å². The predicted molar refractivity (Wildman–Crippen MR) is 114 cm³/mol. The van der Waals surface area contributed by atoms with Gasteiger partial charge in [-0.25, -0.2) is 0 Å². The van der Waals surface area contributed by atoms with Crippen LogP contribution in [0.3, 0.4) is 0 Å². The van der Waals surface area contributed by atoms with Crippen molar-refractivity contribution in [1.82, 2.24) is 14.8 Å². The quantitative estimate of drug-likeness (QED) is 0.651. The molecule has 1 aromatic heterocycles. The maximum atomic E-state index is 12.5. The number of carbonyl (C=O) groups is 1. The summed E-state index contributed by atoms with van der Waals surface area (Å²) in [6.45, 7) is 3.16. The molecule has 0 radical (unpaired) electrons. The van der Waals surface area contributed by atoms with Gasteiger partial charge in [0.15, 0.2) is 0 Å². The van der Waals surface area contributed by atoms with Crippen LogP contribution in [0.1, 0.15) is 24.1 Å². The molecule has 2 aromatic carbocycles. The lowest BCUT2D eigenvalue weighted by molar-refractivity contribution is -0.120. The number of carbonyl (C=O) groups excluding carboxylic acids is 1. The second kappa shape index (κ2) is 8.93. The molecule has 5 heteroatoms. The molecule has 0 bridgehead atoms. The first-order valence-electron chi connectivity index (χ1n) is 9.68. The lowest BCUT2D eigenvalue weighted by Crippen LogP contribution is -2.35. The van der Waals surface area contributed by atoms with Gasteiger partial charge in [0.1, 0.15) is 5.75 Å². The van der Waals surface area contributed by atoms with E-state index in [4.69, 9.17) is 4.74 Å². The lowest BCUT2D eigenvalue weighted by atomic mass is 10.0. The van der Waals surface area contributed by atoms with Crippen LogP contribution in [0.2, 0.25) is 0 Å². The maximum Gasteiger partial charge on any atom is 0.224 e. The maximum absolute atomic E-state index is 12.5. The monoisotopic (exact) mass is 379 g/mol. The van der Waals surface area contributed by atoms with Crippen LogP contribution in [0.4, 0.5) is 0 Å². The van der Waals surface area contributed by atoms with E-state index in [0.717, 1.165) is 11.3 Å². The zero-order chi connectivity index (χ0) is 20.1. The lowest BCUT2D eigenvalue weighted by Gasteiger charge is -2.24. The number of aryl methyl sites for hydroxylation is 1. The summed E-state index contributed by atoms with van der Waals surface area (Å²) in [5.74, 6) is 0.853. The summed E-state index contributed by atoms with van der Waals surface area (Å²) in [7, 11) is 6.15. The minimum absolute atomic E-state index is 0.0243. The van der Waals surface area contributed by atoms with Gasteiger partial charge in [-0.3, -0.25) is 4.79 Å². The number of nitrogens with zero attached hydrogens (tertiary/aromatic N) is 2. The molecule has 0 aliphatic carbocycles. The predicted octanol–water partition coefficient (Wildman–Crippen LogP) is 3.54. The molecule has 0 aliphatic heterocycles. The van der Waals surface area contributed by atoms with E-state index in [-0.39, 0.29) is 11.9 Å². The number of likely N-dealkylation sites (N-methyl/N-ethyl adjacent to an activating group) is 1. The fourth-order valence-corrected chi connectivity index (χ4v) is 3.54. The van der Waals surface area contributed by atoms with Gasteiger partial charge in [0, 0.05) is 30.7 Å². The average Bonchev–Trinajstić information content (AvgIpc) is 3.00. The van der Waals surface area contributed by atoms with Gasteiger partial charge in [0.05, 0.1) is 19.1 Å². The number of aromatic nitrogens is 1. The van der Waals surface area contributed by atoms with Gasteiger partial charge in [0.2, 0.25) is 5.91 Å². The topological polar surface area (TPSA) is 46.5 Å². The van der Waals surface area contributed by atoms with Crippen molar-refractivity contribution in [3.63, 3.8) is 0 Å². The SMILES string of the molecule is CCOc1ccc(CC(=O)NCC(c2cn(C)c3ccccc23)N(C)C)cc1. The molecule has 1 heterocycles. The second-order valence-electron chi connectivity index (χ2n) is 7.25. The van der Waals surface area contributed by atoms with E-state index < -0.39 is 0 Å². The fourth-order valence-electron chi connectivity index (χ4n) is 3.54. The molecule has 5 nitrogen and oxygen atoms in total. The number of amides is 1. The number of hydrogen-bond acceptors (Lipinski definition) is 3. The second-order valence-corrected chi connectivity index (χ2v) is 7.25. The number of fused-ring (bicyclic) bond motifs is 1. The van der Waals surface area contributed by atoms with E-state index in [2.05, 4.69) is 52.3 Å². The molecule has 0 spiro atoms. The molecule has 0 fully saturated rings. The van der Waals surface area contributed by atoms with Gasteiger partial charge in [-0.15, -0.1) is 0 Å². The third kappa shape index (κ3) is 4.54. The van der Waals surface area contributed by atoms with E-state index in [1.165, 1.54) is 16.5 Å². The highest BCUT2D eigenvalue weighted by atomic mass is 16.5. The first-order chi connectivity index (χ1) is 13.5. The molecule has 0 saturated heterocycles. The van der Waals surface area contributed by atoms with Crippen LogP contribution >= 0.6 is 0 Å². The molecule has 1 atom stereocenters. The Kier molecular flexibility index (Phi) is 6.37. The van der Waals surface area contributed by atoms with E-state index in [1.54, 1.807) is 0 Å². The van der Waals surface area contributed by atoms with Crippen molar-refractivity contribution in [1.29, 1.82) is 0 Å². The van der Waals surface area contributed by atoms with Crippen molar-refractivity contribution >= 4 is 16.8 Å². The molecular weight excluding hydrogens is 350 g/mol. The van der Waals surface area contributed by atoms with Crippen molar-refractivity contribution in [2.75, 3.05) is 27.2 Å². The van der Waals surface area contributed by atoms with Crippen LogP contribution in [0, 0.1) is 0 Å². The number of ether oxygens (including phenoxy) is 1. The molecule has 1 unspecified atom stereocenters. The molecule has 28 heavy (non-hydrogen) atoms. The van der Waals surface area contributed by atoms with Gasteiger partial charge in [-0.2, -0.15) is 0 Å². The first kappa shape index (κ1) is 20.0. The molecule has 1 N–H and O–H groups in total. The average molecular weight is 380 g/mol. The van der Waals surface area contributed by atoms with Crippen LogP contribution < -0.4 is 10.1 Å². The summed E-state index contributed by atoms with van der Waals surface area (Å²) in [4.78, 5) is 14.6. The standard InChI is InChI=1S/C23H29N3O2/c1-5-28-18-12-10-17(11-13-18)14-23(27)24-15-22(25(2)3)20-16-26(4)21-9-7-6-8-19(20)21/h6-13,16,22H,5,14-15H2,1-4H3,(H,24,27). The molecule has 0 saturated carbocycles. The minimum Gasteiger partial charge on any atom is -0.494 e. The molecule has 1 amide bonds. The van der Waals surface area contributed by atoms with Crippen LogP contribution in [-0.2, 0) is 18.3 Å². The van der Waals surface area contributed by atoms with Gasteiger partial charge in [0.25, 0.3) is 0 Å². The minimum atomic E-state index is 0.0243. The summed E-state index contributed by atoms with van der Waals surface area (Å²) < 4.78 is 7.59. The van der Waals surface area contributed by atoms with E-state index in [9.17, 15) is 4.79 Å². The van der Waals surface area contributed by atoms with Gasteiger partial charge in [-0.1, -0.05) is 30.3 Å². The smallest absolute Gasteiger partial charge is 0.224 e. The highest BCUT2D eigenvalue weighted by Gasteiger charge is 2.20. The van der Waals surface area contributed by atoms with Crippen molar-refractivity contribution in [3.05, 3.63) is 65.9 Å². The Morgan fingerprint density at radius 1 is 1.14 bits per heavy atom. The van der Waals surface area contributed by atoms with E-state index in [1.807, 2.05) is 45.3 Å². The van der Waals surface area contributed by atoms with Crippen LogP contribution in [0.15, 0.2) is 54.7 Å². The third-order valence-electron chi connectivity index (χ3n) is 5.00. The van der Waals surface area contributed by atoms with Gasteiger partial charge >= 0.3 is 0 Å². The van der Waals surface area contributed by atoms with Crippen LogP contribution in [0.25, 0.3) is 10.9 Å². The number of nitrogens with one attached hydrogen (secondary N) is 1. The summed E-state index contributed by atoms with van der Waals surface area (Å²) in [5, 5.41) is 4.33. The summed E-state index contributed by atoms with van der Waals surface area (Å²) >= 11 is 0. The summed E-state index contributed by atoms with van der Waals surface area (Å²) in [5.41, 5.74) is 3.40. The molecule has 3 rings (SSSR count). The third-order valence-corrected chi connectivity index (χ3v) is 5.00. The fraction of sp³-hybridized carbons (Fsp3) is 0.348. The molecular formula is C23H29N3O2. The number of para-hydroxylation sites is 1. The summed E-state index contributed by atoms with van der Waals surface area (Å²) in [6.07, 6.45) is 2.52. The number of benzene rings is 2. The Balaban J connectivity index is 1.67. The Bertz CT molecular complexity index is 929. The van der Waals surface area contributed by atoms with E-state index >= 15 is 0 Å².